The third-order valence-electron chi connectivity index (χ3n) is 5.92. The molecule has 0 aromatic heterocycles. The number of nitrogens with zero attached hydrogens (tertiary/aromatic N) is 1. The molecule has 4 rings (SSSR count). The molecule has 2 fully saturated rings. The second kappa shape index (κ2) is 8.41. The lowest BCUT2D eigenvalue weighted by atomic mass is 9.96. The fourth-order valence-corrected chi connectivity index (χ4v) is 4.22. The largest absolute Gasteiger partial charge is 0.342 e. The summed E-state index contributed by atoms with van der Waals surface area (Å²) < 4.78 is 0. The van der Waals surface area contributed by atoms with Crippen LogP contribution < -0.4 is 5.32 Å². The molecule has 2 aromatic rings. The molecule has 0 spiro atoms. The summed E-state index contributed by atoms with van der Waals surface area (Å²) in [6.45, 7) is 6.17. The molecule has 1 saturated carbocycles. The molecule has 1 heterocycles. The van der Waals surface area contributed by atoms with Crippen molar-refractivity contribution in [3.8, 4) is 0 Å². The maximum atomic E-state index is 12.8. The predicted octanol–water partition coefficient (Wildman–Crippen LogP) is 4.21. The van der Waals surface area contributed by atoms with Gasteiger partial charge in [-0.15, -0.1) is 12.4 Å². The molecule has 2 aliphatic rings. The maximum absolute atomic E-state index is 12.8. The van der Waals surface area contributed by atoms with Gasteiger partial charge in [-0.05, 0) is 60.5 Å². The lowest BCUT2D eigenvalue weighted by Crippen LogP contribution is -2.41. The van der Waals surface area contributed by atoms with Gasteiger partial charge in [0.2, 0.25) is 5.91 Å². The van der Waals surface area contributed by atoms with Crippen LogP contribution in [-0.4, -0.2) is 37.0 Å². The summed E-state index contributed by atoms with van der Waals surface area (Å²) in [6, 6.07) is 15.1. The zero-order valence-electron chi connectivity index (χ0n) is 15.5. The van der Waals surface area contributed by atoms with Gasteiger partial charge in [-0.2, -0.15) is 0 Å². The summed E-state index contributed by atoms with van der Waals surface area (Å²) in [5, 5.41) is 5.99. The van der Waals surface area contributed by atoms with Crippen molar-refractivity contribution in [3.63, 3.8) is 0 Å². The van der Waals surface area contributed by atoms with Gasteiger partial charge in [-0.3, -0.25) is 4.79 Å². The van der Waals surface area contributed by atoms with E-state index in [1.807, 2.05) is 0 Å². The van der Waals surface area contributed by atoms with Crippen molar-refractivity contribution in [2.75, 3.05) is 26.2 Å². The van der Waals surface area contributed by atoms with Crippen LogP contribution in [0, 0.1) is 11.8 Å². The smallest absolute Gasteiger partial charge is 0.226 e. The lowest BCUT2D eigenvalue weighted by molar-refractivity contribution is -0.134. The van der Waals surface area contributed by atoms with Crippen molar-refractivity contribution in [2.45, 2.75) is 32.1 Å². The van der Waals surface area contributed by atoms with Crippen molar-refractivity contribution in [1.82, 2.24) is 10.2 Å². The van der Waals surface area contributed by atoms with Crippen LogP contribution in [0.15, 0.2) is 42.5 Å². The van der Waals surface area contributed by atoms with Gasteiger partial charge >= 0.3 is 0 Å². The van der Waals surface area contributed by atoms with E-state index >= 15 is 0 Å². The number of piperidine rings is 1. The number of nitrogens with one attached hydrogen (secondary N) is 1. The van der Waals surface area contributed by atoms with Gasteiger partial charge in [0.15, 0.2) is 0 Å². The molecule has 2 unspecified atom stereocenters. The van der Waals surface area contributed by atoms with E-state index in [1.165, 1.54) is 16.3 Å². The van der Waals surface area contributed by atoms with Gasteiger partial charge in [0.05, 0.1) is 0 Å². The molecule has 3 nitrogen and oxygen atoms in total. The van der Waals surface area contributed by atoms with Crippen LogP contribution in [0.1, 0.15) is 37.7 Å². The summed E-state index contributed by atoms with van der Waals surface area (Å²) >= 11 is 0. The molecule has 2 aromatic carbocycles. The average Bonchev–Trinajstić information content (AvgIpc) is 3.46. The van der Waals surface area contributed by atoms with E-state index in [0.717, 1.165) is 51.4 Å². The standard InChI is InChI=1S/C22H28N2O.ClH/c1-2-23-15-16-9-11-24(12-10-16)22(25)21-14-20(21)19-8-7-17-5-3-4-6-18(17)13-19;/h3-8,13,16,20-21,23H,2,9-12,14-15H2,1H3;1H. The van der Waals surface area contributed by atoms with Crippen LogP contribution in [0.4, 0.5) is 0 Å². The molecule has 1 aliphatic carbocycles. The number of halogens is 1. The molecular weight excluding hydrogens is 344 g/mol. The first-order valence-electron chi connectivity index (χ1n) is 9.74. The summed E-state index contributed by atoms with van der Waals surface area (Å²) in [5.74, 6) is 1.77. The Morgan fingerprint density at radius 2 is 1.85 bits per heavy atom. The highest BCUT2D eigenvalue weighted by Gasteiger charge is 2.46. The van der Waals surface area contributed by atoms with E-state index < -0.39 is 0 Å². The maximum Gasteiger partial charge on any atom is 0.226 e. The van der Waals surface area contributed by atoms with E-state index in [9.17, 15) is 4.79 Å². The van der Waals surface area contributed by atoms with Crippen molar-refractivity contribution in [1.29, 1.82) is 0 Å². The molecule has 0 bridgehead atoms. The van der Waals surface area contributed by atoms with Crippen LogP contribution in [0.2, 0.25) is 0 Å². The summed E-state index contributed by atoms with van der Waals surface area (Å²) in [4.78, 5) is 15.0. The minimum absolute atomic E-state index is 0. The van der Waals surface area contributed by atoms with Crippen molar-refractivity contribution < 1.29 is 4.79 Å². The van der Waals surface area contributed by atoms with Crippen LogP contribution in [0.25, 0.3) is 10.8 Å². The third kappa shape index (κ3) is 4.05. The van der Waals surface area contributed by atoms with Gasteiger partial charge in [0.1, 0.15) is 0 Å². The third-order valence-corrected chi connectivity index (χ3v) is 5.92. The monoisotopic (exact) mass is 372 g/mol. The summed E-state index contributed by atoms with van der Waals surface area (Å²) in [7, 11) is 0. The van der Waals surface area contributed by atoms with Crippen LogP contribution in [0.5, 0.6) is 0 Å². The molecule has 1 saturated heterocycles. The Hall–Kier alpha value is -1.58. The van der Waals surface area contributed by atoms with Crippen molar-refractivity contribution in [3.05, 3.63) is 48.0 Å². The molecule has 4 heteroatoms. The molecule has 26 heavy (non-hydrogen) atoms. The Bertz CT molecular complexity index is 755. The highest BCUT2D eigenvalue weighted by molar-refractivity contribution is 5.86. The van der Waals surface area contributed by atoms with E-state index in [-0.39, 0.29) is 18.3 Å². The zero-order valence-corrected chi connectivity index (χ0v) is 16.3. The fourth-order valence-electron chi connectivity index (χ4n) is 4.22. The number of benzene rings is 2. The fraction of sp³-hybridized carbons (Fsp3) is 0.500. The highest BCUT2D eigenvalue weighted by atomic mass is 35.5. The Morgan fingerprint density at radius 1 is 1.12 bits per heavy atom. The van der Waals surface area contributed by atoms with Crippen LogP contribution >= 0.6 is 12.4 Å². The molecule has 2 atom stereocenters. The van der Waals surface area contributed by atoms with Crippen LogP contribution in [0.3, 0.4) is 0 Å². The molecule has 1 N–H and O–H groups in total. The Balaban J connectivity index is 0.00000196. The molecular formula is C22H29ClN2O. The number of carbonyl (C=O) groups is 1. The zero-order chi connectivity index (χ0) is 17.2. The van der Waals surface area contributed by atoms with E-state index in [2.05, 4.69) is 59.6 Å². The number of rotatable bonds is 5. The minimum Gasteiger partial charge on any atom is -0.342 e. The van der Waals surface area contributed by atoms with E-state index in [4.69, 9.17) is 0 Å². The molecule has 1 aliphatic heterocycles. The minimum atomic E-state index is 0. The van der Waals surface area contributed by atoms with Crippen molar-refractivity contribution >= 4 is 29.1 Å². The highest BCUT2D eigenvalue weighted by Crippen LogP contribution is 2.49. The Kier molecular flexibility index (Phi) is 6.20. The molecule has 0 radical (unpaired) electrons. The number of hydrogen-bond donors (Lipinski definition) is 1. The SMILES string of the molecule is CCNCC1CCN(C(=O)C2CC2c2ccc3ccccc3c2)CC1.Cl. The topological polar surface area (TPSA) is 32.3 Å². The Labute approximate surface area is 162 Å². The molecule has 140 valence electrons. The quantitative estimate of drug-likeness (QED) is 0.852. The first kappa shape index (κ1) is 19.2. The first-order chi connectivity index (χ1) is 12.3. The Morgan fingerprint density at radius 3 is 2.58 bits per heavy atom. The number of hydrogen-bond acceptors (Lipinski definition) is 2. The van der Waals surface area contributed by atoms with E-state index in [0.29, 0.717) is 11.8 Å². The normalized spacial score (nSPS) is 22.9. The summed E-state index contributed by atoms with van der Waals surface area (Å²) in [6.07, 6.45) is 3.31. The van der Waals surface area contributed by atoms with Crippen molar-refractivity contribution in [2.24, 2.45) is 11.8 Å². The number of fused-ring (bicyclic) bond motifs is 1. The number of amides is 1. The van der Waals surface area contributed by atoms with Gasteiger partial charge < -0.3 is 10.2 Å². The van der Waals surface area contributed by atoms with Gasteiger partial charge in [-0.25, -0.2) is 0 Å². The second-order valence-corrected chi connectivity index (χ2v) is 7.63. The van der Waals surface area contributed by atoms with E-state index in [1.54, 1.807) is 0 Å². The number of likely N-dealkylation sites (tertiary alicyclic amines) is 1. The average molecular weight is 373 g/mol. The van der Waals surface area contributed by atoms with Gasteiger partial charge in [-0.1, -0.05) is 49.4 Å². The molecule has 1 amide bonds. The lowest BCUT2D eigenvalue weighted by Gasteiger charge is -2.32. The first-order valence-corrected chi connectivity index (χ1v) is 9.74. The van der Waals surface area contributed by atoms with Crippen LogP contribution in [-0.2, 0) is 4.79 Å². The predicted molar refractivity (Wildman–Crippen MR) is 110 cm³/mol. The number of carbonyl (C=O) groups excluding carboxylic acids is 1. The second-order valence-electron chi connectivity index (χ2n) is 7.63. The van der Waals surface area contributed by atoms with Gasteiger partial charge in [0, 0.05) is 19.0 Å². The summed E-state index contributed by atoms with van der Waals surface area (Å²) in [5.41, 5.74) is 1.33. The van der Waals surface area contributed by atoms with Gasteiger partial charge in [0.25, 0.3) is 0 Å².